The maximum absolute atomic E-state index is 12.9. The number of benzene rings is 1. The topological polar surface area (TPSA) is 100 Å². The van der Waals surface area contributed by atoms with Crippen molar-refractivity contribution < 1.29 is 14.5 Å². The zero-order valence-electron chi connectivity index (χ0n) is 13.5. The first-order valence-electron chi connectivity index (χ1n) is 7.84. The van der Waals surface area contributed by atoms with Crippen LogP contribution in [0.3, 0.4) is 0 Å². The highest BCUT2D eigenvalue weighted by atomic mass is 16.6. The third kappa shape index (κ3) is 2.42. The zero-order chi connectivity index (χ0) is 16.9. The van der Waals surface area contributed by atoms with Crippen LogP contribution in [-0.4, -0.2) is 21.2 Å². The van der Waals surface area contributed by atoms with Crippen molar-refractivity contribution in [3.05, 3.63) is 41.1 Å². The van der Waals surface area contributed by atoms with Crippen LogP contribution in [0.25, 0.3) is 0 Å². The molecule has 1 aliphatic carbocycles. The fourth-order valence-electron chi connectivity index (χ4n) is 3.45. The lowest BCUT2D eigenvalue weighted by atomic mass is 9.73. The summed E-state index contributed by atoms with van der Waals surface area (Å²) in [6.07, 6.45) is 1.19. The Balaban J connectivity index is 1.88. The number of rotatable bonds is 1. The number of fused-ring (bicyclic) bond motifs is 1. The predicted molar refractivity (Wildman–Crippen MR) is 87.4 cm³/mol. The molecule has 4 rings (SSSR count). The van der Waals surface area contributed by atoms with Gasteiger partial charge < -0.3 is 15.7 Å². The first kappa shape index (κ1) is 14.7. The molecule has 3 N–H and O–H groups in total. The third-order valence-corrected chi connectivity index (χ3v) is 4.45. The van der Waals surface area contributed by atoms with E-state index < -0.39 is 6.04 Å². The Morgan fingerprint density at radius 2 is 2.04 bits per heavy atom. The number of hydrogen-bond donors (Lipinski definition) is 3. The summed E-state index contributed by atoms with van der Waals surface area (Å²) in [5.74, 6) is 1.14. The van der Waals surface area contributed by atoms with Gasteiger partial charge in [-0.2, -0.15) is 0 Å². The fourth-order valence-corrected chi connectivity index (χ4v) is 3.45. The molecule has 1 unspecified atom stereocenters. The number of allylic oxidation sites excluding steroid dienone is 1. The molecule has 0 spiro atoms. The number of aromatic nitrogens is 2. The van der Waals surface area contributed by atoms with E-state index in [0.717, 1.165) is 17.7 Å². The number of phenols is 1. The number of nitrogens with one attached hydrogen (secondary N) is 2. The monoisotopic (exact) mass is 326 g/mol. The van der Waals surface area contributed by atoms with Crippen LogP contribution in [0, 0.1) is 5.41 Å². The van der Waals surface area contributed by atoms with Gasteiger partial charge in [-0.25, -0.2) is 4.63 Å². The number of phenolic OH excluding ortho intramolecular Hbond substituents is 1. The molecule has 0 saturated heterocycles. The summed E-state index contributed by atoms with van der Waals surface area (Å²) >= 11 is 0. The van der Waals surface area contributed by atoms with Crippen molar-refractivity contribution >= 4 is 17.4 Å². The molecule has 7 nitrogen and oxygen atoms in total. The highest BCUT2D eigenvalue weighted by Gasteiger charge is 2.39. The van der Waals surface area contributed by atoms with E-state index >= 15 is 0 Å². The van der Waals surface area contributed by atoms with Crippen LogP contribution in [0.1, 0.15) is 38.3 Å². The summed E-state index contributed by atoms with van der Waals surface area (Å²) in [6, 6.07) is 6.45. The number of hydrogen-bond acceptors (Lipinski definition) is 7. The summed E-state index contributed by atoms with van der Waals surface area (Å²) in [5.41, 5.74) is 2.15. The van der Waals surface area contributed by atoms with Gasteiger partial charge in [-0.3, -0.25) is 4.79 Å². The highest BCUT2D eigenvalue weighted by molar-refractivity contribution is 6.00. The van der Waals surface area contributed by atoms with Crippen LogP contribution in [0.15, 0.2) is 40.2 Å². The molecule has 0 radical (unpaired) electrons. The molecular formula is C17H18N4O3. The van der Waals surface area contributed by atoms with E-state index in [-0.39, 0.29) is 16.9 Å². The Morgan fingerprint density at radius 3 is 2.83 bits per heavy atom. The minimum absolute atomic E-state index is 0.0803. The first-order valence-corrected chi connectivity index (χ1v) is 7.84. The molecule has 2 aliphatic rings. The smallest absolute Gasteiger partial charge is 0.219 e. The van der Waals surface area contributed by atoms with Gasteiger partial charge in [-0.1, -0.05) is 26.0 Å². The second-order valence-corrected chi connectivity index (χ2v) is 7.09. The molecule has 0 bridgehead atoms. The van der Waals surface area contributed by atoms with E-state index in [1.807, 2.05) is 6.07 Å². The highest BCUT2D eigenvalue weighted by Crippen LogP contribution is 2.44. The largest absolute Gasteiger partial charge is 0.508 e. The van der Waals surface area contributed by atoms with E-state index in [9.17, 15) is 9.90 Å². The quantitative estimate of drug-likeness (QED) is 0.740. The lowest BCUT2D eigenvalue weighted by Gasteiger charge is -2.34. The maximum Gasteiger partial charge on any atom is 0.219 e. The van der Waals surface area contributed by atoms with E-state index in [1.54, 1.807) is 18.2 Å². The lowest BCUT2D eigenvalue weighted by Crippen LogP contribution is -2.31. The molecule has 1 atom stereocenters. The number of aromatic hydroxyl groups is 1. The van der Waals surface area contributed by atoms with E-state index in [0.29, 0.717) is 23.6 Å². The van der Waals surface area contributed by atoms with Crippen LogP contribution in [-0.2, 0) is 4.79 Å². The zero-order valence-corrected chi connectivity index (χ0v) is 13.5. The van der Waals surface area contributed by atoms with Gasteiger partial charge in [-0.15, -0.1) is 0 Å². The van der Waals surface area contributed by atoms with Crippen molar-refractivity contribution in [3.8, 4) is 5.75 Å². The summed E-state index contributed by atoms with van der Waals surface area (Å²) < 4.78 is 4.81. The Labute approximate surface area is 138 Å². The van der Waals surface area contributed by atoms with Gasteiger partial charge >= 0.3 is 0 Å². The van der Waals surface area contributed by atoms with E-state index in [2.05, 4.69) is 34.8 Å². The number of carbonyl (C=O) groups is 1. The molecule has 1 aliphatic heterocycles. The van der Waals surface area contributed by atoms with E-state index in [4.69, 9.17) is 4.63 Å². The molecule has 1 aromatic carbocycles. The number of carbonyl (C=O) groups excluding carboxylic acids is 1. The summed E-state index contributed by atoms with van der Waals surface area (Å²) in [4.78, 5) is 12.9. The molecule has 2 heterocycles. The van der Waals surface area contributed by atoms with Crippen molar-refractivity contribution in [2.24, 2.45) is 5.41 Å². The van der Waals surface area contributed by atoms with Gasteiger partial charge in [0.2, 0.25) is 11.6 Å². The summed E-state index contributed by atoms with van der Waals surface area (Å²) in [6.45, 7) is 4.14. The van der Waals surface area contributed by atoms with Gasteiger partial charge in [0.05, 0.1) is 6.04 Å². The number of ketones is 1. The maximum atomic E-state index is 12.9. The molecule has 0 fully saturated rings. The van der Waals surface area contributed by atoms with Gasteiger partial charge in [0.1, 0.15) is 5.75 Å². The van der Waals surface area contributed by atoms with Crippen LogP contribution >= 0.6 is 0 Å². The molecule has 7 heteroatoms. The van der Waals surface area contributed by atoms with Crippen molar-refractivity contribution in [2.45, 2.75) is 32.7 Å². The lowest BCUT2D eigenvalue weighted by molar-refractivity contribution is -0.118. The van der Waals surface area contributed by atoms with Gasteiger partial charge in [0.25, 0.3) is 0 Å². The number of anilines is 2. The molecule has 2 aromatic rings. The average molecular weight is 326 g/mol. The number of nitrogens with zero attached hydrogens (tertiary/aromatic N) is 2. The summed E-state index contributed by atoms with van der Waals surface area (Å²) in [5, 5.41) is 24.0. The van der Waals surface area contributed by atoms with E-state index in [1.165, 1.54) is 0 Å². The Morgan fingerprint density at radius 1 is 1.25 bits per heavy atom. The molecule has 24 heavy (non-hydrogen) atoms. The summed E-state index contributed by atoms with van der Waals surface area (Å²) in [7, 11) is 0. The molecule has 1 aromatic heterocycles. The van der Waals surface area contributed by atoms with Crippen LogP contribution in [0.5, 0.6) is 5.75 Å². The minimum atomic E-state index is -0.420. The van der Waals surface area contributed by atoms with Crippen LogP contribution < -0.4 is 10.6 Å². The molecular weight excluding hydrogens is 308 g/mol. The third-order valence-electron chi connectivity index (χ3n) is 4.45. The van der Waals surface area contributed by atoms with Crippen molar-refractivity contribution in [3.63, 3.8) is 0 Å². The van der Waals surface area contributed by atoms with Gasteiger partial charge in [-0.05, 0) is 39.8 Å². The average Bonchev–Trinajstić information content (AvgIpc) is 2.85. The normalized spacial score (nSPS) is 22.1. The molecule has 0 amide bonds. The molecule has 0 saturated carbocycles. The SMILES string of the molecule is CC1(C)CC(=O)C2=C(C1)Nc1nonc1NC2c1cccc(O)c1. The standard InChI is InChI=1S/C17H18N4O3/c1-17(2)7-11-13(12(23)8-17)14(9-4-3-5-10(22)6-9)19-16-15(18-11)20-24-21-16/h3-6,14,22H,7-8H2,1-2H3,(H,18,20)(H,19,21). The fraction of sp³-hybridized carbons (Fsp3) is 0.353. The van der Waals surface area contributed by atoms with Crippen LogP contribution in [0.4, 0.5) is 11.6 Å². The second kappa shape index (κ2) is 5.09. The van der Waals surface area contributed by atoms with Crippen molar-refractivity contribution in [1.82, 2.24) is 10.3 Å². The van der Waals surface area contributed by atoms with Crippen LogP contribution in [0.2, 0.25) is 0 Å². The molecule has 124 valence electrons. The Kier molecular flexibility index (Phi) is 3.13. The predicted octanol–water partition coefficient (Wildman–Crippen LogP) is 3.00. The Hall–Kier alpha value is -2.83. The van der Waals surface area contributed by atoms with Crippen molar-refractivity contribution in [2.75, 3.05) is 10.6 Å². The Bertz CT molecular complexity index is 853. The minimum Gasteiger partial charge on any atom is -0.508 e. The van der Waals surface area contributed by atoms with Gasteiger partial charge in [0, 0.05) is 17.7 Å². The second-order valence-electron chi connectivity index (χ2n) is 7.09. The van der Waals surface area contributed by atoms with Gasteiger partial charge in [0.15, 0.2) is 5.78 Å². The number of Topliss-reactive ketones (excluding diaryl/α,β-unsaturated/α-hetero) is 1. The first-order chi connectivity index (χ1) is 11.4. The van der Waals surface area contributed by atoms with Crippen molar-refractivity contribution in [1.29, 1.82) is 0 Å².